The molecule has 0 aromatic heterocycles. The number of nitriles is 1. The van der Waals surface area contributed by atoms with Crippen molar-refractivity contribution in [3.63, 3.8) is 0 Å². The van der Waals surface area contributed by atoms with Crippen LogP contribution in [0.2, 0.25) is 0 Å². The van der Waals surface area contributed by atoms with Crippen molar-refractivity contribution in [1.29, 1.82) is 5.26 Å². The fraction of sp³-hybridized carbons (Fsp3) is 0.591. The first-order chi connectivity index (χ1) is 15.1. The summed E-state index contributed by atoms with van der Waals surface area (Å²) in [7, 11) is 0. The highest BCUT2D eigenvalue weighted by atomic mass is 19.4. The highest BCUT2D eigenvalue weighted by Gasteiger charge is 2.51. The first-order valence-electron chi connectivity index (χ1n) is 10.8. The molecule has 0 spiro atoms. The van der Waals surface area contributed by atoms with Crippen LogP contribution in [0.3, 0.4) is 0 Å². The van der Waals surface area contributed by atoms with Crippen LogP contribution in [0.4, 0.5) is 13.2 Å². The zero-order valence-corrected chi connectivity index (χ0v) is 17.8. The Balaban J connectivity index is 1.41. The van der Waals surface area contributed by atoms with Gasteiger partial charge in [0.15, 0.2) is 0 Å². The Hall–Kier alpha value is -2.64. The Labute approximate surface area is 184 Å². The first kappa shape index (κ1) is 22.6. The summed E-state index contributed by atoms with van der Waals surface area (Å²) in [6, 6.07) is 4.87. The SMILES string of the molecule is C[C@H](c1cccc(C(F)(F)F)c1)N1C(=O)[C@H]2CC1CN2C[C@H](N)C(=O)N1CCC[C@H]1C#N. The maximum atomic E-state index is 13.1. The van der Waals surface area contributed by atoms with Crippen molar-refractivity contribution in [2.75, 3.05) is 19.6 Å². The number of fused-ring (bicyclic) bond motifs is 2. The fourth-order valence-corrected chi connectivity index (χ4v) is 5.24. The Morgan fingerprint density at radius 3 is 2.78 bits per heavy atom. The third-order valence-corrected chi connectivity index (χ3v) is 6.86. The van der Waals surface area contributed by atoms with Crippen molar-refractivity contribution in [3.8, 4) is 6.07 Å². The van der Waals surface area contributed by atoms with Gasteiger partial charge >= 0.3 is 6.18 Å². The van der Waals surface area contributed by atoms with E-state index in [0.29, 0.717) is 31.5 Å². The smallest absolute Gasteiger partial charge is 0.330 e. The molecule has 0 aliphatic carbocycles. The third-order valence-electron chi connectivity index (χ3n) is 6.86. The molecule has 4 rings (SSSR count). The van der Waals surface area contributed by atoms with Crippen LogP contribution < -0.4 is 5.73 Å². The first-order valence-corrected chi connectivity index (χ1v) is 10.8. The summed E-state index contributed by atoms with van der Waals surface area (Å²) in [5.41, 5.74) is 5.85. The van der Waals surface area contributed by atoms with E-state index in [-0.39, 0.29) is 24.4 Å². The van der Waals surface area contributed by atoms with Gasteiger partial charge in [0.2, 0.25) is 11.8 Å². The number of halogens is 3. The van der Waals surface area contributed by atoms with E-state index in [4.69, 9.17) is 5.73 Å². The predicted molar refractivity (Wildman–Crippen MR) is 109 cm³/mol. The molecular weight excluding hydrogens is 423 g/mol. The number of benzene rings is 1. The number of nitrogens with two attached hydrogens (primary N) is 1. The molecule has 172 valence electrons. The van der Waals surface area contributed by atoms with Crippen LogP contribution in [-0.2, 0) is 15.8 Å². The Kier molecular flexibility index (Phi) is 5.90. The number of rotatable bonds is 5. The van der Waals surface area contributed by atoms with Gasteiger partial charge in [-0.25, -0.2) is 0 Å². The van der Waals surface area contributed by atoms with Gasteiger partial charge in [0.25, 0.3) is 0 Å². The number of carbonyl (C=O) groups is 2. The van der Waals surface area contributed by atoms with E-state index < -0.39 is 35.9 Å². The maximum Gasteiger partial charge on any atom is 0.416 e. The van der Waals surface area contributed by atoms with Crippen LogP contribution in [0.1, 0.15) is 43.4 Å². The molecule has 0 radical (unpaired) electrons. The number of hydrogen-bond donors (Lipinski definition) is 1. The molecule has 2 amide bonds. The second-order valence-electron chi connectivity index (χ2n) is 8.83. The largest absolute Gasteiger partial charge is 0.416 e. The maximum absolute atomic E-state index is 13.1. The van der Waals surface area contributed by atoms with Crippen LogP contribution in [0, 0.1) is 11.3 Å². The molecule has 2 bridgehead atoms. The van der Waals surface area contributed by atoms with Crippen LogP contribution >= 0.6 is 0 Å². The van der Waals surface area contributed by atoms with Crippen molar-refractivity contribution in [2.24, 2.45) is 5.73 Å². The van der Waals surface area contributed by atoms with E-state index in [1.165, 1.54) is 11.0 Å². The van der Waals surface area contributed by atoms with Crippen LogP contribution in [0.5, 0.6) is 0 Å². The molecule has 3 heterocycles. The molecule has 3 aliphatic heterocycles. The summed E-state index contributed by atoms with van der Waals surface area (Å²) in [6.45, 7) is 2.98. The lowest BCUT2D eigenvalue weighted by Crippen LogP contribution is -2.56. The molecule has 1 unspecified atom stereocenters. The molecule has 5 atom stereocenters. The lowest BCUT2D eigenvalue weighted by Gasteiger charge is -2.38. The van der Waals surface area contributed by atoms with Crippen molar-refractivity contribution in [1.82, 2.24) is 14.7 Å². The van der Waals surface area contributed by atoms with Gasteiger partial charge in [-0.05, 0) is 43.9 Å². The summed E-state index contributed by atoms with van der Waals surface area (Å²) in [6.07, 6.45) is -2.47. The molecule has 0 saturated carbocycles. The number of piperazine rings is 1. The van der Waals surface area contributed by atoms with Gasteiger partial charge in [0, 0.05) is 25.7 Å². The normalized spacial score (nSPS) is 27.6. The fourth-order valence-electron chi connectivity index (χ4n) is 5.24. The van der Waals surface area contributed by atoms with E-state index in [1.54, 1.807) is 17.9 Å². The number of carbonyl (C=O) groups excluding carboxylic acids is 2. The van der Waals surface area contributed by atoms with Gasteiger partial charge in [0.1, 0.15) is 6.04 Å². The average molecular weight is 449 g/mol. The van der Waals surface area contributed by atoms with Crippen molar-refractivity contribution >= 4 is 11.8 Å². The molecule has 1 aromatic rings. The molecule has 3 saturated heterocycles. The molecule has 7 nitrogen and oxygen atoms in total. The minimum Gasteiger partial charge on any atom is -0.330 e. The third kappa shape index (κ3) is 3.95. The van der Waals surface area contributed by atoms with Gasteiger partial charge in [-0.2, -0.15) is 18.4 Å². The summed E-state index contributed by atoms with van der Waals surface area (Å²) in [4.78, 5) is 30.8. The van der Waals surface area contributed by atoms with Gasteiger partial charge in [-0.15, -0.1) is 0 Å². The van der Waals surface area contributed by atoms with E-state index in [2.05, 4.69) is 6.07 Å². The van der Waals surface area contributed by atoms with Gasteiger partial charge in [-0.3, -0.25) is 14.5 Å². The number of likely N-dealkylation sites (tertiary alicyclic amines) is 3. The second-order valence-corrected chi connectivity index (χ2v) is 8.83. The Bertz CT molecular complexity index is 946. The number of hydrogen-bond acceptors (Lipinski definition) is 5. The zero-order valence-electron chi connectivity index (χ0n) is 17.8. The monoisotopic (exact) mass is 449 g/mol. The molecule has 1 aromatic carbocycles. The van der Waals surface area contributed by atoms with E-state index in [0.717, 1.165) is 18.6 Å². The summed E-state index contributed by atoms with van der Waals surface area (Å²) in [5, 5.41) is 9.20. The Morgan fingerprint density at radius 1 is 1.38 bits per heavy atom. The van der Waals surface area contributed by atoms with Crippen LogP contribution in [0.15, 0.2) is 24.3 Å². The van der Waals surface area contributed by atoms with Crippen molar-refractivity contribution in [2.45, 2.75) is 62.6 Å². The number of alkyl halides is 3. The molecule has 10 heteroatoms. The Morgan fingerprint density at radius 2 is 2.12 bits per heavy atom. The highest BCUT2D eigenvalue weighted by Crippen LogP contribution is 2.39. The summed E-state index contributed by atoms with van der Waals surface area (Å²) < 4.78 is 39.3. The van der Waals surface area contributed by atoms with Crippen molar-refractivity contribution in [3.05, 3.63) is 35.4 Å². The number of nitrogens with zero attached hydrogens (tertiary/aromatic N) is 4. The highest BCUT2D eigenvalue weighted by molar-refractivity contribution is 5.87. The quantitative estimate of drug-likeness (QED) is 0.741. The molecule has 3 fully saturated rings. The van der Waals surface area contributed by atoms with Crippen molar-refractivity contribution < 1.29 is 22.8 Å². The minimum absolute atomic E-state index is 0.141. The summed E-state index contributed by atoms with van der Waals surface area (Å²) in [5.74, 6) is -0.430. The molecule has 3 aliphatic rings. The molecule has 2 N–H and O–H groups in total. The van der Waals surface area contributed by atoms with Crippen LogP contribution in [0.25, 0.3) is 0 Å². The summed E-state index contributed by atoms with van der Waals surface area (Å²) >= 11 is 0. The van der Waals surface area contributed by atoms with Gasteiger partial charge in [0.05, 0.1) is 29.8 Å². The topological polar surface area (TPSA) is 93.7 Å². The predicted octanol–water partition coefficient (Wildman–Crippen LogP) is 1.89. The average Bonchev–Trinajstić information content (AvgIpc) is 3.46. The standard InChI is InChI=1S/C22H26F3N5O2/c1-13(14-4-2-5-15(8-14)22(23,24)25)30-17-9-19(21(30)32)28(11-17)12-18(27)20(31)29-7-3-6-16(29)10-26/h2,4-5,8,13,16-19H,3,6-7,9,11-12,27H2,1H3/t13-,16+,17?,18+,19-/m1/s1. The second kappa shape index (κ2) is 8.37. The van der Waals surface area contributed by atoms with E-state index in [1.807, 2.05) is 4.90 Å². The van der Waals surface area contributed by atoms with Crippen LogP contribution in [-0.4, -0.2) is 70.3 Å². The molecular formula is C22H26F3N5O2. The van der Waals surface area contributed by atoms with Gasteiger partial charge < -0.3 is 15.5 Å². The van der Waals surface area contributed by atoms with E-state index in [9.17, 15) is 28.0 Å². The van der Waals surface area contributed by atoms with E-state index >= 15 is 0 Å². The minimum atomic E-state index is -4.44. The molecule has 32 heavy (non-hydrogen) atoms. The lowest BCUT2D eigenvalue weighted by molar-refractivity contribution is -0.141. The van der Waals surface area contributed by atoms with Gasteiger partial charge in [-0.1, -0.05) is 12.1 Å². The lowest BCUT2D eigenvalue weighted by atomic mass is 10.0. The zero-order chi connectivity index (χ0) is 23.2. The number of amides is 2.